The van der Waals surface area contributed by atoms with Crippen LogP contribution in [0.1, 0.15) is 23.2 Å². The van der Waals surface area contributed by atoms with Gasteiger partial charge in [0.15, 0.2) is 0 Å². The molecule has 0 bridgehead atoms. The van der Waals surface area contributed by atoms with E-state index in [2.05, 4.69) is 30.7 Å². The second-order valence-electron chi connectivity index (χ2n) is 4.00. The molecule has 116 valence electrons. The summed E-state index contributed by atoms with van der Waals surface area (Å²) in [7, 11) is 3.93. The van der Waals surface area contributed by atoms with Gasteiger partial charge in [-0.1, -0.05) is 0 Å². The first kappa shape index (κ1) is 18.0. The van der Waals surface area contributed by atoms with Crippen LogP contribution in [0.4, 0.5) is 10.1 Å². The topological polar surface area (TPSA) is 55.8 Å². The minimum Gasteiger partial charge on any atom is -0.469 e. The van der Waals surface area contributed by atoms with Crippen LogP contribution in [0.2, 0.25) is 0 Å². The van der Waals surface area contributed by atoms with Crippen LogP contribution in [-0.4, -0.2) is 32.7 Å². The molecule has 1 aromatic rings. The third-order valence-corrected chi connectivity index (χ3v) is 4.66. The van der Waals surface area contributed by atoms with Gasteiger partial charge >= 0.3 is 11.9 Å². The molecule has 0 aliphatic carbocycles. The van der Waals surface area contributed by atoms with E-state index in [-0.39, 0.29) is 18.0 Å². The summed E-state index contributed by atoms with van der Waals surface area (Å²) >= 11 is 2.06. The molecule has 0 spiro atoms. The second-order valence-corrected chi connectivity index (χ2v) is 5.76. The number of halogens is 2. The summed E-state index contributed by atoms with van der Waals surface area (Å²) in [5.41, 5.74) is 0.701. The Morgan fingerprint density at radius 2 is 2.05 bits per heavy atom. The molecule has 0 aliphatic rings. The van der Waals surface area contributed by atoms with Crippen molar-refractivity contribution >= 4 is 48.0 Å². The molecule has 0 aromatic heterocycles. The van der Waals surface area contributed by atoms with Gasteiger partial charge in [0.25, 0.3) is 0 Å². The fraction of sp³-hybridized carbons (Fsp3) is 0.385. The van der Waals surface area contributed by atoms with Crippen LogP contribution in [0.25, 0.3) is 0 Å². The highest BCUT2D eigenvalue weighted by Gasteiger charge is 2.18. The summed E-state index contributed by atoms with van der Waals surface area (Å²) in [6.45, 7) is 0.512. The summed E-state index contributed by atoms with van der Waals surface area (Å²) in [4.78, 5) is 22.8. The van der Waals surface area contributed by atoms with Crippen molar-refractivity contribution in [2.24, 2.45) is 0 Å². The average molecular weight is 427 g/mol. The van der Waals surface area contributed by atoms with Crippen LogP contribution in [0.15, 0.2) is 18.2 Å². The summed E-state index contributed by atoms with van der Waals surface area (Å²) in [6.07, 6.45) is 0.833. The molecule has 5 nitrogen and oxygen atoms in total. The molecule has 0 saturated heterocycles. The van der Waals surface area contributed by atoms with Gasteiger partial charge in [-0.05, 0) is 24.6 Å². The van der Waals surface area contributed by atoms with Crippen molar-refractivity contribution in [1.82, 2.24) is 0 Å². The number of carbonyl (C=O) groups excluding carboxylic acids is 2. The van der Waals surface area contributed by atoms with Crippen molar-refractivity contribution in [3.05, 3.63) is 29.6 Å². The van der Waals surface area contributed by atoms with E-state index in [1.807, 2.05) is 0 Å². The second kappa shape index (κ2) is 9.08. The van der Waals surface area contributed by atoms with Crippen molar-refractivity contribution in [3.8, 4) is 0 Å². The number of hydrogen-bond donors (Lipinski definition) is 0. The highest BCUT2D eigenvalue weighted by Crippen LogP contribution is 2.31. The number of methoxy groups -OCH3 is 2. The molecule has 0 radical (unpaired) electrons. The molecular weight excluding hydrogens is 412 g/mol. The fourth-order valence-electron chi connectivity index (χ4n) is 1.66. The van der Waals surface area contributed by atoms with Crippen LogP contribution in [0, 0.1) is 5.82 Å². The lowest BCUT2D eigenvalue weighted by atomic mass is 10.1. The van der Waals surface area contributed by atoms with Gasteiger partial charge in [-0.25, -0.2) is 9.18 Å². The Kier molecular flexibility index (Phi) is 7.79. The fourth-order valence-corrected chi connectivity index (χ4v) is 3.32. The van der Waals surface area contributed by atoms with E-state index in [4.69, 9.17) is 0 Å². The maximum absolute atomic E-state index is 13.3. The Hall–Kier alpha value is -1.03. The number of nitrogens with zero attached hydrogens (tertiary/aromatic N) is 1. The first-order valence-corrected chi connectivity index (χ1v) is 9.36. The molecule has 0 unspecified atom stereocenters. The Bertz CT molecular complexity index is 515. The van der Waals surface area contributed by atoms with Gasteiger partial charge in [0.2, 0.25) is 0 Å². The summed E-state index contributed by atoms with van der Waals surface area (Å²) < 4.78 is 24.4. The van der Waals surface area contributed by atoms with Gasteiger partial charge in [-0.15, -0.1) is 0 Å². The van der Waals surface area contributed by atoms with Gasteiger partial charge in [0, 0.05) is 43.3 Å². The highest BCUT2D eigenvalue weighted by atomic mass is 127. The number of rotatable bonds is 7. The van der Waals surface area contributed by atoms with E-state index < -0.39 is 11.8 Å². The number of esters is 2. The molecule has 0 heterocycles. The third kappa shape index (κ3) is 5.34. The largest absolute Gasteiger partial charge is 0.469 e. The number of hydrogen-bond acceptors (Lipinski definition) is 6. The minimum absolute atomic E-state index is 0.153. The molecule has 0 N–H and O–H groups in total. The molecule has 1 rings (SSSR count). The van der Waals surface area contributed by atoms with Crippen LogP contribution in [-0.2, 0) is 14.3 Å². The van der Waals surface area contributed by atoms with E-state index in [1.54, 1.807) is 4.31 Å². The van der Waals surface area contributed by atoms with E-state index in [1.165, 1.54) is 35.5 Å². The van der Waals surface area contributed by atoms with Crippen molar-refractivity contribution in [3.63, 3.8) is 0 Å². The van der Waals surface area contributed by atoms with Crippen molar-refractivity contribution in [2.45, 2.75) is 12.8 Å². The Morgan fingerprint density at radius 1 is 1.33 bits per heavy atom. The molecule has 1 aromatic carbocycles. The Morgan fingerprint density at radius 3 is 2.62 bits per heavy atom. The first-order valence-electron chi connectivity index (χ1n) is 6.04. The zero-order chi connectivity index (χ0) is 15.8. The SMILES string of the molecule is COC(=O)CCCN(SI)c1ccc(F)cc1C(=O)OC. The van der Waals surface area contributed by atoms with Gasteiger partial charge in [0.05, 0.1) is 25.5 Å². The molecule has 0 atom stereocenters. The maximum Gasteiger partial charge on any atom is 0.340 e. The predicted molar refractivity (Wildman–Crippen MR) is 87.9 cm³/mol. The Labute approximate surface area is 138 Å². The lowest BCUT2D eigenvalue weighted by Crippen LogP contribution is -2.19. The molecule has 8 heteroatoms. The summed E-state index contributed by atoms with van der Waals surface area (Å²) in [6, 6.07) is 3.94. The summed E-state index contributed by atoms with van der Waals surface area (Å²) in [5, 5.41) is 0. The molecule has 0 amide bonds. The monoisotopic (exact) mass is 427 g/mol. The van der Waals surface area contributed by atoms with Crippen molar-refractivity contribution in [2.75, 3.05) is 25.1 Å². The number of ether oxygens (including phenoxy) is 2. The van der Waals surface area contributed by atoms with E-state index >= 15 is 0 Å². The van der Waals surface area contributed by atoms with Crippen LogP contribution >= 0.6 is 30.3 Å². The van der Waals surface area contributed by atoms with E-state index in [0.717, 1.165) is 6.07 Å². The maximum atomic E-state index is 13.3. The first-order chi connectivity index (χ1) is 10.0. The molecule has 0 fully saturated rings. The number of benzene rings is 1. The summed E-state index contributed by atoms with van der Waals surface area (Å²) in [5.74, 6) is -1.40. The van der Waals surface area contributed by atoms with Crippen molar-refractivity contribution in [1.29, 1.82) is 0 Å². The Balaban J connectivity index is 2.89. The molecule has 21 heavy (non-hydrogen) atoms. The quantitative estimate of drug-likeness (QED) is 0.378. The van der Waals surface area contributed by atoms with Crippen LogP contribution < -0.4 is 4.31 Å². The van der Waals surface area contributed by atoms with E-state index in [9.17, 15) is 14.0 Å². The molecule has 0 aliphatic heterocycles. The normalized spacial score (nSPS) is 10.1. The molecular formula is C13H15FINO4S. The van der Waals surface area contributed by atoms with Gasteiger partial charge < -0.3 is 13.8 Å². The number of anilines is 1. The zero-order valence-corrected chi connectivity index (χ0v) is 14.6. The molecule has 0 saturated carbocycles. The minimum atomic E-state index is -0.604. The highest BCUT2D eigenvalue weighted by molar-refractivity contribution is 14.2. The van der Waals surface area contributed by atoms with Gasteiger partial charge in [-0.2, -0.15) is 0 Å². The average Bonchev–Trinajstić information content (AvgIpc) is 2.50. The smallest absolute Gasteiger partial charge is 0.340 e. The lowest BCUT2D eigenvalue weighted by molar-refractivity contribution is -0.140. The van der Waals surface area contributed by atoms with Crippen molar-refractivity contribution < 1.29 is 23.5 Å². The van der Waals surface area contributed by atoms with Crippen LogP contribution in [0.5, 0.6) is 0 Å². The van der Waals surface area contributed by atoms with Crippen LogP contribution in [0.3, 0.4) is 0 Å². The van der Waals surface area contributed by atoms with Gasteiger partial charge in [0.1, 0.15) is 5.82 Å². The van der Waals surface area contributed by atoms with E-state index in [0.29, 0.717) is 18.7 Å². The lowest BCUT2D eigenvalue weighted by Gasteiger charge is -2.22. The standard InChI is InChI=1S/C13H15FINO4S/c1-19-12(17)4-3-7-16(21-15)11-6-5-9(14)8-10(11)13(18)20-2/h5-6,8H,3-4,7H2,1-2H3. The zero-order valence-electron chi connectivity index (χ0n) is 11.6. The number of carbonyl (C=O) groups is 2. The predicted octanol–water partition coefficient (Wildman–Crippen LogP) is 3.37. The van der Waals surface area contributed by atoms with Gasteiger partial charge in [-0.3, -0.25) is 4.79 Å². The third-order valence-electron chi connectivity index (χ3n) is 2.69.